The summed E-state index contributed by atoms with van der Waals surface area (Å²) in [6, 6.07) is 7.32. The van der Waals surface area contributed by atoms with E-state index in [0.29, 0.717) is 44.2 Å². The van der Waals surface area contributed by atoms with Crippen LogP contribution in [0.2, 0.25) is 0 Å². The fourth-order valence-electron chi connectivity index (χ4n) is 3.23. The van der Waals surface area contributed by atoms with Crippen molar-refractivity contribution in [3.63, 3.8) is 0 Å². The third-order valence-corrected chi connectivity index (χ3v) is 4.64. The molecule has 3 amide bonds. The first-order chi connectivity index (χ1) is 13.2. The second-order valence-corrected chi connectivity index (χ2v) is 7.90. The van der Waals surface area contributed by atoms with E-state index in [0.717, 1.165) is 0 Å². The highest BCUT2D eigenvalue weighted by atomic mass is 16.6. The summed E-state index contributed by atoms with van der Waals surface area (Å²) in [5, 5.41) is 0. The van der Waals surface area contributed by atoms with Crippen molar-refractivity contribution in [1.82, 2.24) is 9.80 Å². The molecule has 1 saturated heterocycles. The zero-order valence-corrected chi connectivity index (χ0v) is 16.6. The molecule has 3 rings (SSSR count). The quantitative estimate of drug-likeness (QED) is 0.789. The van der Waals surface area contributed by atoms with Crippen LogP contribution in [0.3, 0.4) is 0 Å². The van der Waals surface area contributed by atoms with Gasteiger partial charge in [0.05, 0.1) is 5.69 Å². The molecule has 2 aliphatic rings. The first kappa shape index (κ1) is 20.0. The molecule has 0 aromatic heterocycles. The van der Waals surface area contributed by atoms with E-state index in [1.807, 2.05) is 45.0 Å². The average Bonchev–Trinajstić information content (AvgIpc) is 2.66. The molecule has 0 bridgehead atoms. The number of ether oxygens (including phenoxy) is 2. The summed E-state index contributed by atoms with van der Waals surface area (Å²) in [6.45, 7) is 7.60. The van der Waals surface area contributed by atoms with Crippen molar-refractivity contribution in [3.8, 4) is 5.75 Å². The van der Waals surface area contributed by atoms with E-state index in [1.165, 1.54) is 0 Å². The zero-order valence-electron chi connectivity index (χ0n) is 16.6. The maximum absolute atomic E-state index is 12.6. The van der Waals surface area contributed by atoms with Gasteiger partial charge in [0.25, 0.3) is 5.91 Å². The topological polar surface area (TPSA) is 79.4 Å². The molecule has 0 spiro atoms. The lowest BCUT2D eigenvalue weighted by Crippen LogP contribution is -2.52. The molecule has 0 N–H and O–H groups in total. The zero-order chi connectivity index (χ0) is 20.3. The molecule has 1 fully saturated rings. The number of para-hydroxylation sites is 2. The summed E-state index contributed by atoms with van der Waals surface area (Å²) in [7, 11) is 0. The van der Waals surface area contributed by atoms with Crippen LogP contribution < -0.4 is 9.64 Å². The minimum Gasteiger partial charge on any atom is -0.482 e. The maximum Gasteiger partial charge on any atom is 0.410 e. The second-order valence-electron chi connectivity index (χ2n) is 7.90. The molecule has 1 aromatic rings. The molecular weight excluding hydrogens is 362 g/mol. The number of benzene rings is 1. The first-order valence-electron chi connectivity index (χ1n) is 9.52. The summed E-state index contributed by atoms with van der Waals surface area (Å²) in [4.78, 5) is 41.9. The Morgan fingerprint density at radius 2 is 1.71 bits per heavy atom. The number of nitrogens with zero attached hydrogens (tertiary/aromatic N) is 3. The number of rotatable bonds is 3. The van der Waals surface area contributed by atoms with Gasteiger partial charge in [0.15, 0.2) is 6.61 Å². The molecule has 0 saturated carbocycles. The number of carbonyl (C=O) groups is 3. The van der Waals surface area contributed by atoms with Gasteiger partial charge >= 0.3 is 6.09 Å². The van der Waals surface area contributed by atoms with Crippen molar-refractivity contribution >= 4 is 23.6 Å². The van der Waals surface area contributed by atoms with Crippen LogP contribution >= 0.6 is 0 Å². The lowest BCUT2D eigenvalue weighted by atomic mass is 10.2. The fourth-order valence-corrected chi connectivity index (χ4v) is 3.23. The number of anilines is 1. The van der Waals surface area contributed by atoms with E-state index in [4.69, 9.17) is 9.47 Å². The summed E-state index contributed by atoms with van der Waals surface area (Å²) in [6.07, 6.45) is -0.123. The molecule has 0 aliphatic carbocycles. The predicted octanol–water partition coefficient (Wildman–Crippen LogP) is 1.88. The molecule has 0 radical (unpaired) electrons. The third-order valence-electron chi connectivity index (χ3n) is 4.64. The Kier molecular flexibility index (Phi) is 5.76. The molecule has 1 aromatic carbocycles. The van der Waals surface area contributed by atoms with E-state index < -0.39 is 5.60 Å². The van der Waals surface area contributed by atoms with Crippen LogP contribution in [0.25, 0.3) is 0 Å². The van der Waals surface area contributed by atoms with Gasteiger partial charge < -0.3 is 24.2 Å². The lowest BCUT2D eigenvalue weighted by Gasteiger charge is -2.36. The van der Waals surface area contributed by atoms with E-state index in [9.17, 15) is 14.4 Å². The molecular formula is C20H27N3O5. The van der Waals surface area contributed by atoms with Gasteiger partial charge in [-0.1, -0.05) is 12.1 Å². The SMILES string of the molecule is CC(C)(C)OC(=O)N1CCN(C(=O)CCN2C(=O)COc3ccccc32)CC1. The van der Waals surface area contributed by atoms with Crippen molar-refractivity contribution in [2.75, 3.05) is 44.2 Å². The Hall–Kier alpha value is -2.77. The van der Waals surface area contributed by atoms with E-state index >= 15 is 0 Å². The van der Waals surface area contributed by atoms with Crippen molar-refractivity contribution in [1.29, 1.82) is 0 Å². The standard InChI is InChI=1S/C20H27N3O5/c1-20(2,3)28-19(26)22-12-10-21(11-13-22)17(24)8-9-23-15-6-4-5-7-16(15)27-14-18(23)25/h4-7H,8-14H2,1-3H3. The number of amides is 3. The molecule has 152 valence electrons. The van der Waals surface area contributed by atoms with E-state index in [-0.39, 0.29) is 30.9 Å². The number of hydrogen-bond acceptors (Lipinski definition) is 5. The van der Waals surface area contributed by atoms with Crippen LogP contribution in [0.15, 0.2) is 24.3 Å². The Morgan fingerprint density at radius 3 is 2.39 bits per heavy atom. The van der Waals surface area contributed by atoms with Crippen LogP contribution in [0.1, 0.15) is 27.2 Å². The van der Waals surface area contributed by atoms with Gasteiger partial charge in [0.2, 0.25) is 5.91 Å². The third kappa shape index (κ3) is 4.74. The van der Waals surface area contributed by atoms with Crippen LogP contribution in [0.5, 0.6) is 5.75 Å². The Labute approximate surface area is 165 Å². The minimum atomic E-state index is -0.537. The number of piperazine rings is 1. The summed E-state index contributed by atoms with van der Waals surface area (Å²) >= 11 is 0. The molecule has 8 heteroatoms. The minimum absolute atomic E-state index is 0.0141. The van der Waals surface area contributed by atoms with E-state index in [2.05, 4.69) is 0 Å². The Balaban J connectivity index is 1.50. The largest absolute Gasteiger partial charge is 0.482 e. The molecule has 28 heavy (non-hydrogen) atoms. The molecule has 0 unspecified atom stereocenters. The van der Waals surface area contributed by atoms with E-state index in [1.54, 1.807) is 14.7 Å². The highest BCUT2D eigenvalue weighted by Crippen LogP contribution is 2.31. The summed E-state index contributed by atoms with van der Waals surface area (Å²) in [5.74, 6) is 0.474. The molecule has 2 aliphatic heterocycles. The molecule has 0 atom stereocenters. The van der Waals surface area contributed by atoms with Gasteiger partial charge in [-0.15, -0.1) is 0 Å². The van der Waals surface area contributed by atoms with Gasteiger partial charge in [-0.05, 0) is 32.9 Å². The Morgan fingerprint density at radius 1 is 1.07 bits per heavy atom. The lowest BCUT2D eigenvalue weighted by molar-refractivity contribution is -0.132. The number of carbonyl (C=O) groups excluding carboxylic acids is 3. The normalized spacial score (nSPS) is 17.1. The summed E-state index contributed by atoms with van der Waals surface area (Å²) in [5.41, 5.74) is 0.159. The van der Waals surface area contributed by atoms with Crippen molar-refractivity contribution in [2.45, 2.75) is 32.8 Å². The Bertz CT molecular complexity index is 750. The average molecular weight is 389 g/mol. The monoisotopic (exact) mass is 389 g/mol. The second kappa shape index (κ2) is 8.08. The molecule has 2 heterocycles. The maximum atomic E-state index is 12.6. The van der Waals surface area contributed by atoms with Gasteiger partial charge in [0, 0.05) is 39.1 Å². The first-order valence-corrected chi connectivity index (χ1v) is 9.52. The van der Waals surface area contributed by atoms with Crippen molar-refractivity contribution < 1.29 is 23.9 Å². The fraction of sp³-hybridized carbons (Fsp3) is 0.550. The van der Waals surface area contributed by atoms with Crippen LogP contribution in [0, 0.1) is 0 Å². The van der Waals surface area contributed by atoms with Crippen LogP contribution in [-0.2, 0) is 14.3 Å². The van der Waals surface area contributed by atoms with Gasteiger partial charge in [0.1, 0.15) is 11.4 Å². The van der Waals surface area contributed by atoms with Crippen LogP contribution in [-0.4, -0.2) is 72.6 Å². The number of fused-ring (bicyclic) bond motifs is 1. The van der Waals surface area contributed by atoms with Crippen LogP contribution in [0.4, 0.5) is 10.5 Å². The summed E-state index contributed by atoms with van der Waals surface area (Å²) < 4.78 is 10.8. The predicted molar refractivity (Wildman–Crippen MR) is 103 cm³/mol. The highest BCUT2D eigenvalue weighted by molar-refractivity contribution is 5.98. The smallest absolute Gasteiger partial charge is 0.410 e. The van der Waals surface area contributed by atoms with Crippen molar-refractivity contribution in [2.24, 2.45) is 0 Å². The van der Waals surface area contributed by atoms with Gasteiger partial charge in [-0.25, -0.2) is 4.79 Å². The number of hydrogen-bond donors (Lipinski definition) is 0. The highest BCUT2D eigenvalue weighted by Gasteiger charge is 2.29. The van der Waals surface area contributed by atoms with Gasteiger partial charge in [-0.2, -0.15) is 0 Å². The molecule has 8 nitrogen and oxygen atoms in total. The van der Waals surface area contributed by atoms with Crippen molar-refractivity contribution in [3.05, 3.63) is 24.3 Å². The van der Waals surface area contributed by atoms with Gasteiger partial charge in [-0.3, -0.25) is 9.59 Å².